The van der Waals surface area contributed by atoms with E-state index in [1.807, 2.05) is 41.4 Å². The Morgan fingerprint density at radius 1 is 1.07 bits per heavy atom. The molecule has 0 radical (unpaired) electrons. The number of para-hydroxylation sites is 1. The summed E-state index contributed by atoms with van der Waals surface area (Å²) in [6.45, 7) is 1.51. The van der Waals surface area contributed by atoms with Gasteiger partial charge in [0, 0.05) is 37.6 Å². The van der Waals surface area contributed by atoms with Crippen LogP contribution in [0, 0.1) is 0 Å². The minimum absolute atomic E-state index is 0.152. The molecule has 0 N–H and O–H groups in total. The third-order valence-electron chi connectivity index (χ3n) is 5.82. The molecule has 1 atom stereocenters. The molecule has 5 heteroatoms. The van der Waals surface area contributed by atoms with Crippen LogP contribution in [0.4, 0.5) is 0 Å². The van der Waals surface area contributed by atoms with Gasteiger partial charge in [-0.25, -0.2) is 0 Å². The SMILES string of the molecule is O=C(N1CCC[C@H](c2cnccn2)C1)C1(Oc2ccccc2)CCCCC1. The summed E-state index contributed by atoms with van der Waals surface area (Å²) in [5.74, 6) is 1.20. The molecular weight excluding hydrogens is 338 g/mol. The summed E-state index contributed by atoms with van der Waals surface area (Å²) in [7, 11) is 0. The smallest absolute Gasteiger partial charge is 0.266 e. The van der Waals surface area contributed by atoms with Crippen molar-refractivity contribution in [2.45, 2.75) is 56.5 Å². The molecule has 142 valence electrons. The van der Waals surface area contributed by atoms with E-state index in [0.717, 1.165) is 56.5 Å². The van der Waals surface area contributed by atoms with Gasteiger partial charge < -0.3 is 9.64 Å². The van der Waals surface area contributed by atoms with Gasteiger partial charge in [0.25, 0.3) is 5.91 Å². The maximum Gasteiger partial charge on any atom is 0.266 e. The minimum atomic E-state index is -0.718. The van der Waals surface area contributed by atoms with Crippen LogP contribution in [0.5, 0.6) is 5.75 Å². The Morgan fingerprint density at radius 2 is 1.89 bits per heavy atom. The molecule has 1 amide bonds. The summed E-state index contributed by atoms with van der Waals surface area (Å²) in [4.78, 5) is 24.3. The Bertz CT molecular complexity index is 745. The van der Waals surface area contributed by atoms with Gasteiger partial charge >= 0.3 is 0 Å². The van der Waals surface area contributed by atoms with Crippen molar-refractivity contribution >= 4 is 5.91 Å². The monoisotopic (exact) mass is 365 g/mol. The zero-order valence-corrected chi connectivity index (χ0v) is 15.7. The molecule has 0 unspecified atom stereocenters. The van der Waals surface area contributed by atoms with Crippen molar-refractivity contribution in [3.8, 4) is 5.75 Å². The van der Waals surface area contributed by atoms with Gasteiger partial charge in [-0.05, 0) is 50.7 Å². The lowest BCUT2D eigenvalue weighted by molar-refractivity contribution is -0.152. The Kier molecular flexibility index (Phi) is 5.37. The molecule has 1 aliphatic carbocycles. The highest BCUT2D eigenvalue weighted by molar-refractivity contribution is 5.86. The average Bonchev–Trinajstić information content (AvgIpc) is 2.75. The third kappa shape index (κ3) is 3.97. The summed E-state index contributed by atoms with van der Waals surface area (Å²) in [5, 5.41) is 0. The molecule has 1 aromatic carbocycles. The largest absolute Gasteiger partial charge is 0.477 e. The van der Waals surface area contributed by atoms with Crippen LogP contribution in [0.25, 0.3) is 0 Å². The zero-order chi connectivity index (χ0) is 18.5. The quantitative estimate of drug-likeness (QED) is 0.823. The number of piperidine rings is 1. The van der Waals surface area contributed by atoms with E-state index in [1.54, 1.807) is 12.4 Å². The highest BCUT2D eigenvalue weighted by Crippen LogP contribution is 2.36. The van der Waals surface area contributed by atoms with E-state index in [9.17, 15) is 4.79 Å². The first-order valence-electron chi connectivity index (χ1n) is 10.1. The predicted molar refractivity (Wildman–Crippen MR) is 103 cm³/mol. The summed E-state index contributed by atoms with van der Waals surface area (Å²) in [5.41, 5.74) is 0.265. The van der Waals surface area contributed by atoms with Gasteiger partial charge in [0.1, 0.15) is 5.75 Å². The van der Waals surface area contributed by atoms with E-state index in [2.05, 4.69) is 9.97 Å². The second-order valence-electron chi connectivity index (χ2n) is 7.69. The number of rotatable bonds is 4. The van der Waals surface area contributed by atoms with E-state index >= 15 is 0 Å². The Labute approximate surface area is 160 Å². The third-order valence-corrected chi connectivity index (χ3v) is 5.82. The maximum absolute atomic E-state index is 13.6. The molecular formula is C22H27N3O2. The van der Waals surface area contributed by atoms with Gasteiger partial charge in [-0.15, -0.1) is 0 Å². The number of likely N-dealkylation sites (tertiary alicyclic amines) is 1. The number of carbonyl (C=O) groups excluding carboxylic acids is 1. The first-order chi connectivity index (χ1) is 13.3. The fourth-order valence-electron chi connectivity index (χ4n) is 4.41. The van der Waals surface area contributed by atoms with Crippen LogP contribution >= 0.6 is 0 Å². The lowest BCUT2D eigenvalue weighted by Crippen LogP contribution is -2.55. The summed E-state index contributed by atoms with van der Waals surface area (Å²) in [6.07, 6.45) is 12.2. The Hall–Kier alpha value is -2.43. The number of aromatic nitrogens is 2. The van der Waals surface area contributed by atoms with Crippen LogP contribution in [-0.4, -0.2) is 39.5 Å². The van der Waals surface area contributed by atoms with E-state index in [1.165, 1.54) is 6.42 Å². The summed E-state index contributed by atoms with van der Waals surface area (Å²) >= 11 is 0. The standard InChI is InChI=1S/C22H27N3O2/c26-21(25-15-7-8-18(17-25)20-16-23-13-14-24-20)22(11-5-2-6-12-22)27-19-9-3-1-4-10-19/h1,3-4,9-10,13-14,16,18H,2,5-8,11-12,15,17H2/t18-/m0/s1. The van der Waals surface area contributed by atoms with Gasteiger partial charge in [-0.3, -0.25) is 14.8 Å². The molecule has 1 aromatic heterocycles. The number of nitrogens with zero attached hydrogens (tertiary/aromatic N) is 3. The van der Waals surface area contributed by atoms with Crippen LogP contribution in [0.3, 0.4) is 0 Å². The lowest BCUT2D eigenvalue weighted by atomic mass is 9.82. The Balaban J connectivity index is 1.54. The fourth-order valence-corrected chi connectivity index (χ4v) is 4.41. The molecule has 2 fully saturated rings. The van der Waals surface area contributed by atoms with Gasteiger partial charge in [0.2, 0.25) is 0 Å². The van der Waals surface area contributed by atoms with Crippen molar-refractivity contribution < 1.29 is 9.53 Å². The van der Waals surface area contributed by atoms with Crippen LogP contribution in [-0.2, 0) is 4.79 Å². The topological polar surface area (TPSA) is 55.3 Å². The van der Waals surface area contributed by atoms with Crippen molar-refractivity contribution in [3.05, 3.63) is 54.6 Å². The molecule has 0 spiro atoms. The van der Waals surface area contributed by atoms with Gasteiger partial charge in [0.05, 0.1) is 5.69 Å². The van der Waals surface area contributed by atoms with Crippen molar-refractivity contribution in [2.24, 2.45) is 0 Å². The zero-order valence-electron chi connectivity index (χ0n) is 15.7. The van der Waals surface area contributed by atoms with Gasteiger partial charge in [-0.1, -0.05) is 24.6 Å². The van der Waals surface area contributed by atoms with Crippen LogP contribution in [0.2, 0.25) is 0 Å². The number of carbonyl (C=O) groups is 1. The van der Waals surface area contributed by atoms with E-state index in [4.69, 9.17) is 4.74 Å². The average molecular weight is 365 g/mol. The molecule has 1 saturated carbocycles. The van der Waals surface area contributed by atoms with Crippen molar-refractivity contribution in [3.63, 3.8) is 0 Å². The van der Waals surface area contributed by atoms with Crippen LogP contribution < -0.4 is 4.74 Å². The molecule has 4 rings (SSSR count). The molecule has 27 heavy (non-hydrogen) atoms. The van der Waals surface area contributed by atoms with Crippen LogP contribution in [0.15, 0.2) is 48.9 Å². The molecule has 0 bridgehead atoms. The molecule has 1 aliphatic heterocycles. The Morgan fingerprint density at radius 3 is 2.63 bits per heavy atom. The number of amides is 1. The lowest BCUT2D eigenvalue weighted by Gasteiger charge is -2.42. The van der Waals surface area contributed by atoms with Gasteiger partial charge in [0.15, 0.2) is 5.60 Å². The van der Waals surface area contributed by atoms with Crippen molar-refractivity contribution in [1.82, 2.24) is 14.9 Å². The van der Waals surface area contributed by atoms with E-state index < -0.39 is 5.60 Å². The molecule has 2 aromatic rings. The maximum atomic E-state index is 13.6. The minimum Gasteiger partial charge on any atom is -0.477 e. The summed E-state index contributed by atoms with van der Waals surface area (Å²) < 4.78 is 6.38. The number of benzene rings is 1. The first kappa shape index (κ1) is 18.0. The number of hydrogen-bond acceptors (Lipinski definition) is 4. The predicted octanol–water partition coefficient (Wildman–Crippen LogP) is 3.96. The second kappa shape index (κ2) is 8.07. The normalized spacial score (nSPS) is 22.2. The fraction of sp³-hybridized carbons (Fsp3) is 0.500. The second-order valence-corrected chi connectivity index (χ2v) is 7.69. The highest BCUT2D eigenvalue weighted by Gasteiger charge is 2.45. The first-order valence-corrected chi connectivity index (χ1v) is 10.1. The molecule has 2 heterocycles. The highest BCUT2D eigenvalue weighted by atomic mass is 16.5. The van der Waals surface area contributed by atoms with E-state index in [-0.39, 0.29) is 11.8 Å². The molecule has 2 aliphatic rings. The van der Waals surface area contributed by atoms with Crippen LogP contribution in [0.1, 0.15) is 56.6 Å². The summed E-state index contributed by atoms with van der Waals surface area (Å²) in [6, 6.07) is 9.78. The number of hydrogen-bond donors (Lipinski definition) is 0. The molecule has 1 saturated heterocycles. The van der Waals surface area contributed by atoms with Crippen molar-refractivity contribution in [2.75, 3.05) is 13.1 Å². The number of ether oxygens (including phenoxy) is 1. The van der Waals surface area contributed by atoms with Gasteiger partial charge in [-0.2, -0.15) is 0 Å². The molecule has 5 nitrogen and oxygen atoms in total. The van der Waals surface area contributed by atoms with E-state index in [0.29, 0.717) is 6.54 Å². The van der Waals surface area contributed by atoms with Crippen molar-refractivity contribution in [1.29, 1.82) is 0 Å².